The van der Waals surface area contributed by atoms with Gasteiger partial charge in [0.2, 0.25) is 15.2 Å². The summed E-state index contributed by atoms with van der Waals surface area (Å²) in [4.78, 5) is 31.9. The fourth-order valence-corrected chi connectivity index (χ4v) is 7.24. The van der Waals surface area contributed by atoms with Gasteiger partial charge in [-0.15, -0.1) is 0 Å². The highest BCUT2D eigenvalue weighted by Crippen LogP contribution is 2.32. The van der Waals surface area contributed by atoms with Gasteiger partial charge in [-0.05, 0) is 79.2 Å². The van der Waals surface area contributed by atoms with E-state index in [4.69, 9.17) is 9.47 Å². The van der Waals surface area contributed by atoms with Gasteiger partial charge in [-0.25, -0.2) is 18.2 Å². The molecule has 0 radical (unpaired) electrons. The zero-order valence-corrected chi connectivity index (χ0v) is 26.6. The first-order chi connectivity index (χ1) is 20.7. The zero-order valence-electron chi connectivity index (χ0n) is 23.3. The van der Waals surface area contributed by atoms with Crippen molar-refractivity contribution in [3.8, 4) is 5.75 Å². The summed E-state index contributed by atoms with van der Waals surface area (Å²) >= 11 is 4.77. The number of nitrogens with zero attached hydrogens (tertiary/aromatic N) is 5. The number of rotatable bonds is 8. The van der Waals surface area contributed by atoms with Gasteiger partial charge in [-0.3, -0.25) is 4.79 Å². The Morgan fingerprint density at radius 1 is 1.05 bits per heavy atom. The lowest BCUT2D eigenvalue weighted by atomic mass is 10.2. The molecule has 5 rings (SSSR count). The number of halogens is 1. The minimum Gasteiger partial charge on any atom is -0.497 e. The van der Waals surface area contributed by atoms with Gasteiger partial charge in [-0.1, -0.05) is 27.3 Å². The van der Waals surface area contributed by atoms with Crippen molar-refractivity contribution in [3.63, 3.8) is 0 Å². The average Bonchev–Trinajstić information content (AvgIpc) is 3.44. The Balaban J connectivity index is 1.38. The molecule has 2 amide bonds. The molecule has 0 unspecified atom stereocenters. The molecule has 0 N–H and O–H groups in total. The fourth-order valence-electron chi connectivity index (χ4n) is 4.35. The van der Waals surface area contributed by atoms with Crippen LogP contribution < -0.4 is 9.75 Å². The molecule has 1 aliphatic rings. The van der Waals surface area contributed by atoms with Gasteiger partial charge in [0.25, 0.3) is 5.91 Å². The van der Waals surface area contributed by atoms with E-state index in [1.807, 2.05) is 30.3 Å². The number of sulfonamides is 1. The Labute approximate surface area is 261 Å². The SMILES string of the molecule is CCOC(=O)N1CCN(S(=O)(=O)c2ccc(C(=O)N(/N=C/c3ccc(OC)cc3)c3nc4ccc(Br)cc4s3)cc2)CC1. The second-order valence-corrected chi connectivity index (χ2v) is 13.2. The molecule has 2 heterocycles. The summed E-state index contributed by atoms with van der Waals surface area (Å²) in [6.07, 6.45) is 1.09. The van der Waals surface area contributed by atoms with Gasteiger partial charge in [-0.2, -0.15) is 14.4 Å². The number of hydrogen-bond donors (Lipinski definition) is 0. The lowest BCUT2D eigenvalue weighted by molar-refractivity contribution is 0.0933. The Morgan fingerprint density at radius 3 is 2.40 bits per heavy atom. The molecule has 0 bridgehead atoms. The first kappa shape index (κ1) is 30.6. The average molecular weight is 687 g/mol. The maximum atomic E-state index is 13.8. The van der Waals surface area contributed by atoms with Gasteiger partial charge >= 0.3 is 6.09 Å². The summed E-state index contributed by atoms with van der Waals surface area (Å²) in [5.74, 6) is 0.215. The monoisotopic (exact) mass is 685 g/mol. The summed E-state index contributed by atoms with van der Waals surface area (Å²) in [5.41, 5.74) is 1.69. The van der Waals surface area contributed by atoms with Crippen molar-refractivity contribution in [1.82, 2.24) is 14.2 Å². The summed E-state index contributed by atoms with van der Waals surface area (Å²) in [7, 11) is -2.26. The van der Waals surface area contributed by atoms with Crippen molar-refractivity contribution in [2.24, 2.45) is 5.10 Å². The molecule has 0 aliphatic carbocycles. The van der Waals surface area contributed by atoms with Crippen LogP contribution in [-0.4, -0.2) is 80.7 Å². The summed E-state index contributed by atoms with van der Waals surface area (Å²) in [5, 5.41) is 6.05. The third-order valence-electron chi connectivity index (χ3n) is 6.65. The van der Waals surface area contributed by atoms with Gasteiger partial charge in [0.1, 0.15) is 5.75 Å². The van der Waals surface area contributed by atoms with E-state index < -0.39 is 22.0 Å². The van der Waals surface area contributed by atoms with E-state index in [-0.39, 0.29) is 43.2 Å². The van der Waals surface area contributed by atoms with E-state index in [1.165, 1.54) is 49.8 Å². The molecular formula is C29H28BrN5O6S2. The molecule has 0 saturated carbocycles. The van der Waals surface area contributed by atoms with Crippen molar-refractivity contribution in [3.05, 3.63) is 82.3 Å². The molecule has 3 aromatic carbocycles. The normalized spacial score (nSPS) is 14.3. The molecule has 43 heavy (non-hydrogen) atoms. The Bertz CT molecular complexity index is 1750. The van der Waals surface area contributed by atoms with Crippen LogP contribution in [0.2, 0.25) is 0 Å². The number of carbonyl (C=O) groups excluding carboxylic acids is 2. The standard InChI is InChI=1S/C29H28BrN5O6S2/c1-3-41-29(37)33-14-16-34(17-15-33)43(38,39)24-11-6-21(7-12-24)27(36)35(31-19-20-4-9-23(40-2)10-5-20)28-32-25-13-8-22(30)18-26(25)42-28/h4-13,18-19H,3,14-17H2,1-2H3/b31-19+. The highest BCUT2D eigenvalue weighted by molar-refractivity contribution is 9.10. The quantitative estimate of drug-likeness (QED) is 0.184. The van der Waals surface area contributed by atoms with Gasteiger partial charge in [0.05, 0.1) is 35.0 Å². The summed E-state index contributed by atoms with van der Waals surface area (Å²) in [6.45, 7) is 2.72. The summed E-state index contributed by atoms with van der Waals surface area (Å²) < 4.78 is 39.9. The minimum absolute atomic E-state index is 0.0479. The number of amides is 2. The number of hydrazone groups is 1. The van der Waals surface area contributed by atoms with Crippen LogP contribution in [0.15, 0.2) is 81.2 Å². The van der Waals surface area contributed by atoms with Crippen molar-refractivity contribution in [2.75, 3.05) is 44.9 Å². The second kappa shape index (κ2) is 13.2. The Kier molecular flexibility index (Phi) is 9.40. The van der Waals surface area contributed by atoms with Gasteiger partial charge < -0.3 is 14.4 Å². The number of methoxy groups -OCH3 is 1. The Hall–Kier alpha value is -3.85. The maximum absolute atomic E-state index is 13.8. The number of aromatic nitrogens is 1. The highest BCUT2D eigenvalue weighted by Gasteiger charge is 2.31. The number of anilines is 1. The molecule has 14 heteroatoms. The van der Waals surface area contributed by atoms with Crippen molar-refractivity contribution in [2.45, 2.75) is 11.8 Å². The molecule has 224 valence electrons. The molecule has 1 saturated heterocycles. The van der Waals surface area contributed by atoms with Crippen LogP contribution in [0.4, 0.5) is 9.93 Å². The lowest BCUT2D eigenvalue weighted by Gasteiger charge is -2.33. The van der Waals surface area contributed by atoms with Crippen LogP contribution in [-0.2, 0) is 14.8 Å². The molecule has 1 aliphatic heterocycles. The van der Waals surface area contributed by atoms with Crippen LogP contribution in [0.3, 0.4) is 0 Å². The van der Waals surface area contributed by atoms with E-state index in [0.29, 0.717) is 16.4 Å². The molecule has 4 aromatic rings. The molecule has 0 spiro atoms. The fraction of sp³-hybridized carbons (Fsp3) is 0.241. The number of benzene rings is 3. The number of thiazole rings is 1. The van der Waals surface area contributed by atoms with Crippen molar-refractivity contribution in [1.29, 1.82) is 0 Å². The Morgan fingerprint density at radius 2 is 1.74 bits per heavy atom. The minimum atomic E-state index is -3.84. The van der Waals surface area contributed by atoms with E-state index in [0.717, 1.165) is 14.7 Å². The summed E-state index contributed by atoms with van der Waals surface area (Å²) in [6, 6.07) is 18.6. The number of carbonyl (C=O) groups is 2. The molecule has 11 nitrogen and oxygen atoms in total. The zero-order chi connectivity index (χ0) is 30.6. The van der Waals surface area contributed by atoms with Crippen molar-refractivity contribution < 1.29 is 27.5 Å². The number of piperazine rings is 1. The largest absolute Gasteiger partial charge is 0.497 e. The topological polar surface area (TPSA) is 122 Å². The third kappa shape index (κ3) is 6.88. The molecule has 0 atom stereocenters. The van der Waals surface area contributed by atoms with Crippen LogP contribution >= 0.6 is 27.3 Å². The van der Waals surface area contributed by atoms with Gasteiger partial charge in [0, 0.05) is 36.2 Å². The smallest absolute Gasteiger partial charge is 0.409 e. The number of hydrogen-bond acceptors (Lipinski definition) is 9. The van der Waals surface area contributed by atoms with Crippen LogP contribution in [0.5, 0.6) is 5.75 Å². The first-order valence-electron chi connectivity index (χ1n) is 13.3. The highest BCUT2D eigenvalue weighted by atomic mass is 79.9. The van der Waals surface area contributed by atoms with Crippen LogP contribution in [0.1, 0.15) is 22.8 Å². The maximum Gasteiger partial charge on any atom is 0.409 e. The van der Waals surface area contributed by atoms with Crippen LogP contribution in [0.25, 0.3) is 10.2 Å². The number of ether oxygens (including phenoxy) is 2. The van der Waals surface area contributed by atoms with E-state index in [1.54, 1.807) is 32.4 Å². The predicted molar refractivity (Wildman–Crippen MR) is 169 cm³/mol. The molecule has 1 aromatic heterocycles. The van der Waals surface area contributed by atoms with E-state index in [9.17, 15) is 18.0 Å². The predicted octanol–water partition coefficient (Wildman–Crippen LogP) is 5.21. The third-order valence-corrected chi connectivity index (χ3v) is 10.1. The molecular weight excluding hydrogens is 658 g/mol. The number of fused-ring (bicyclic) bond motifs is 1. The van der Waals surface area contributed by atoms with E-state index >= 15 is 0 Å². The lowest BCUT2D eigenvalue weighted by Crippen LogP contribution is -2.50. The van der Waals surface area contributed by atoms with Crippen LogP contribution in [0, 0.1) is 0 Å². The van der Waals surface area contributed by atoms with E-state index in [2.05, 4.69) is 26.0 Å². The van der Waals surface area contributed by atoms with Gasteiger partial charge in [0.15, 0.2) is 0 Å². The first-order valence-corrected chi connectivity index (χ1v) is 16.3. The second-order valence-electron chi connectivity index (χ2n) is 9.36. The van der Waals surface area contributed by atoms with Crippen molar-refractivity contribution >= 4 is 70.9 Å². The molecule has 1 fully saturated rings.